The number of nitrogens with zero attached hydrogens (tertiary/aromatic N) is 1. The molecule has 122 valence electrons. The van der Waals surface area contributed by atoms with Crippen molar-refractivity contribution in [2.45, 2.75) is 38.3 Å². The Morgan fingerprint density at radius 2 is 1.67 bits per heavy atom. The van der Waals surface area contributed by atoms with Gasteiger partial charge in [0.25, 0.3) is 0 Å². The highest BCUT2D eigenvalue weighted by Crippen LogP contribution is 2.13. The van der Waals surface area contributed by atoms with Crippen LogP contribution in [0.2, 0.25) is 0 Å². The van der Waals surface area contributed by atoms with E-state index in [9.17, 15) is 22.8 Å². The van der Waals surface area contributed by atoms with Crippen LogP contribution in [-0.4, -0.2) is 55.6 Å². The Kier molecular flexibility index (Phi) is 7.49. The molecule has 0 unspecified atom stereocenters. The van der Waals surface area contributed by atoms with Gasteiger partial charge in [-0.25, -0.2) is 0 Å². The van der Waals surface area contributed by atoms with Gasteiger partial charge in [0.2, 0.25) is 5.91 Å². The van der Waals surface area contributed by atoms with Gasteiger partial charge >= 0.3 is 12.1 Å². The molecule has 0 aromatic heterocycles. The summed E-state index contributed by atoms with van der Waals surface area (Å²) in [7, 11) is 0. The van der Waals surface area contributed by atoms with Crippen molar-refractivity contribution in [2.24, 2.45) is 0 Å². The van der Waals surface area contributed by atoms with Crippen molar-refractivity contribution in [2.75, 3.05) is 32.7 Å². The number of hydrogen-bond acceptors (Lipinski definition) is 3. The number of hydrogen-bond donors (Lipinski definition) is 2. The first-order valence-electron chi connectivity index (χ1n) is 7.23. The summed E-state index contributed by atoms with van der Waals surface area (Å²) in [5, 5.41) is 4.29. The van der Waals surface area contributed by atoms with Crippen molar-refractivity contribution >= 4 is 11.8 Å². The van der Waals surface area contributed by atoms with Crippen molar-refractivity contribution in [3.05, 3.63) is 0 Å². The van der Waals surface area contributed by atoms with Crippen molar-refractivity contribution in [3.63, 3.8) is 0 Å². The average molecular weight is 309 g/mol. The number of likely N-dealkylation sites (tertiary alicyclic amines) is 1. The molecular formula is C13H22F3N3O2. The summed E-state index contributed by atoms with van der Waals surface area (Å²) >= 11 is 0. The molecule has 0 spiro atoms. The molecule has 1 aliphatic rings. The molecule has 1 fully saturated rings. The molecule has 8 heteroatoms. The smallest absolute Gasteiger partial charge is 0.356 e. The normalized spacial score (nSPS) is 16.0. The molecule has 0 aliphatic carbocycles. The van der Waals surface area contributed by atoms with Crippen LogP contribution in [0.3, 0.4) is 0 Å². The van der Waals surface area contributed by atoms with Gasteiger partial charge < -0.3 is 15.5 Å². The standard InChI is InChI=1S/C13H22F3N3O2/c14-13(15,16)12(21)18-7-5-11(20)17-6-1-2-8-19-9-3-4-10-19/h1-10H2,(H,17,20)(H,18,21). The summed E-state index contributed by atoms with van der Waals surface area (Å²) in [6.07, 6.45) is -0.705. The van der Waals surface area contributed by atoms with E-state index < -0.39 is 12.1 Å². The SMILES string of the molecule is O=C(CCNC(=O)C(F)(F)F)NCCCCN1CCCC1. The predicted molar refractivity (Wildman–Crippen MR) is 71.6 cm³/mol. The third-order valence-electron chi connectivity index (χ3n) is 3.32. The largest absolute Gasteiger partial charge is 0.471 e. The highest BCUT2D eigenvalue weighted by molar-refractivity contribution is 5.82. The summed E-state index contributed by atoms with van der Waals surface area (Å²) in [4.78, 5) is 24.2. The molecule has 0 saturated carbocycles. The fourth-order valence-corrected chi connectivity index (χ4v) is 2.17. The van der Waals surface area contributed by atoms with Crippen LogP contribution >= 0.6 is 0 Å². The second-order valence-corrected chi connectivity index (χ2v) is 5.11. The van der Waals surface area contributed by atoms with Gasteiger partial charge in [0.1, 0.15) is 0 Å². The first-order chi connectivity index (χ1) is 9.89. The number of amides is 2. The number of carbonyl (C=O) groups is 2. The molecule has 0 aromatic rings. The van der Waals surface area contributed by atoms with Crippen LogP contribution in [0.1, 0.15) is 32.1 Å². The lowest BCUT2D eigenvalue weighted by molar-refractivity contribution is -0.173. The topological polar surface area (TPSA) is 61.4 Å². The number of carbonyl (C=O) groups excluding carboxylic acids is 2. The molecule has 0 aromatic carbocycles. The molecule has 2 N–H and O–H groups in total. The molecule has 0 radical (unpaired) electrons. The summed E-state index contributed by atoms with van der Waals surface area (Å²) in [5.41, 5.74) is 0. The number of halogens is 3. The Labute approximate surface area is 122 Å². The second-order valence-electron chi connectivity index (χ2n) is 5.11. The molecular weight excluding hydrogens is 287 g/mol. The van der Waals surface area contributed by atoms with Crippen LogP contribution in [0.15, 0.2) is 0 Å². The Morgan fingerprint density at radius 1 is 1.00 bits per heavy atom. The quantitative estimate of drug-likeness (QED) is 0.659. The van der Waals surface area contributed by atoms with Gasteiger partial charge in [0, 0.05) is 19.5 Å². The summed E-state index contributed by atoms with van der Waals surface area (Å²) in [5.74, 6) is -2.36. The molecule has 1 rings (SSSR count). The molecule has 0 atom stereocenters. The van der Waals surface area contributed by atoms with Crippen molar-refractivity contribution < 1.29 is 22.8 Å². The van der Waals surface area contributed by atoms with Crippen molar-refractivity contribution in [1.82, 2.24) is 15.5 Å². The third-order valence-corrected chi connectivity index (χ3v) is 3.32. The fourth-order valence-electron chi connectivity index (χ4n) is 2.17. The van der Waals surface area contributed by atoms with E-state index in [0.717, 1.165) is 32.5 Å². The van der Waals surface area contributed by atoms with E-state index in [1.54, 1.807) is 5.32 Å². The minimum Gasteiger partial charge on any atom is -0.356 e. The molecule has 1 heterocycles. The van der Waals surface area contributed by atoms with E-state index in [1.165, 1.54) is 12.8 Å². The zero-order valence-electron chi connectivity index (χ0n) is 12.0. The molecule has 1 aliphatic heterocycles. The second kappa shape index (κ2) is 8.86. The van der Waals surface area contributed by atoms with Gasteiger partial charge in [-0.15, -0.1) is 0 Å². The van der Waals surface area contributed by atoms with Crippen molar-refractivity contribution in [3.8, 4) is 0 Å². The van der Waals surface area contributed by atoms with Gasteiger partial charge in [-0.05, 0) is 45.3 Å². The van der Waals surface area contributed by atoms with Crippen molar-refractivity contribution in [1.29, 1.82) is 0 Å². The monoisotopic (exact) mass is 309 g/mol. The van der Waals surface area contributed by atoms with Gasteiger partial charge in [0.15, 0.2) is 0 Å². The maximum Gasteiger partial charge on any atom is 0.471 e. The molecule has 1 saturated heterocycles. The maximum atomic E-state index is 11.9. The van der Waals surface area contributed by atoms with E-state index in [0.29, 0.717) is 6.54 Å². The molecule has 0 bridgehead atoms. The number of rotatable bonds is 8. The van der Waals surface area contributed by atoms with Gasteiger partial charge in [0.05, 0.1) is 0 Å². The summed E-state index contributed by atoms with van der Waals surface area (Å²) in [6, 6.07) is 0. The van der Waals surface area contributed by atoms with E-state index in [2.05, 4.69) is 10.2 Å². The predicted octanol–water partition coefficient (Wildman–Crippen LogP) is 1.05. The van der Waals surface area contributed by atoms with E-state index in [4.69, 9.17) is 0 Å². The van der Waals surface area contributed by atoms with Crippen LogP contribution in [0, 0.1) is 0 Å². The van der Waals surface area contributed by atoms with Crippen LogP contribution in [0.4, 0.5) is 13.2 Å². The van der Waals surface area contributed by atoms with E-state index in [-0.39, 0.29) is 18.9 Å². The average Bonchev–Trinajstić information content (AvgIpc) is 2.90. The Balaban J connectivity index is 1.95. The van der Waals surface area contributed by atoms with Crippen LogP contribution < -0.4 is 10.6 Å². The van der Waals surface area contributed by atoms with Crippen LogP contribution in [0.25, 0.3) is 0 Å². The Hall–Kier alpha value is -1.31. The first-order valence-corrected chi connectivity index (χ1v) is 7.23. The lowest BCUT2D eigenvalue weighted by Crippen LogP contribution is -2.39. The van der Waals surface area contributed by atoms with E-state index >= 15 is 0 Å². The lowest BCUT2D eigenvalue weighted by atomic mass is 10.3. The minimum atomic E-state index is -4.90. The summed E-state index contributed by atoms with van der Waals surface area (Å²) < 4.78 is 35.6. The zero-order valence-corrected chi connectivity index (χ0v) is 12.0. The third kappa shape index (κ3) is 7.89. The van der Waals surface area contributed by atoms with Gasteiger partial charge in [-0.3, -0.25) is 9.59 Å². The Bertz CT molecular complexity index is 342. The number of alkyl halides is 3. The maximum absolute atomic E-state index is 11.9. The zero-order chi connectivity index (χ0) is 15.7. The molecule has 5 nitrogen and oxygen atoms in total. The first kappa shape index (κ1) is 17.7. The minimum absolute atomic E-state index is 0.145. The highest BCUT2D eigenvalue weighted by Gasteiger charge is 2.38. The van der Waals surface area contributed by atoms with E-state index in [1.807, 2.05) is 0 Å². The fraction of sp³-hybridized carbons (Fsp3) is 0.846. The van der Waals surface area contributed by atoms with Gasteiger partial charge in [-0.2, -0.15) is 13.2 Å². The summed E-state index contributed by atoms with van der Waals surface area (Å²) in [6.45, 7) is 3.52. The molecule has 2 amide bonds. The van der Waals surface area contributed by atoms with Gasteiger partial charge in [-0.1, -0.05) is 0 Å². The molecule has 21 heavy (non-hydrogen) atoms. The number of nitrogens with one attached hydrogen (secondary N) is 2. The van der Waals surface area contributed by atoms with Crippen LogP contribution in [0.5, 0.6) is 0 Å². The lowest BCUT2D eigenvalue weighted by Gasteiger charge is -2.14. The Morgan fingerprint density at radius 3 is 2.29 bits per heavy atom. The number of unbranched alkanes of at least 4 members (excludes halogenated alkanes) is 1. The highest BCUT2D eigenvalue weighted by atomic mass is 19.4. The van der Waals surface area contributed by atoms with Crippen LogP contribution in [-0.2, 0) is 9.59 Å².